The molecule has 4 nitrogen and oxygen atoms in total. The Kier molecular flexibility index (Phi) is 5.05. The summed E-state index contributed by atoms with van der Waals surface area (Å²) in [4.78, 5) is 2.23. The Labute approximate surface area is 169 Å². The smallest absolute Gasteiger partial charge is 0.174 e. The van der Waals surface area contributed by atoms with E-state index >= 15 is 0 Å². The van der Waals surface area contributed by atoms with Gasteiger partial charge in [0.15, 0.2) is 5.11 Å². The van der Waals surface area contributed by atoms with Crippen molar-refractivity contribution in [3.05, 3.63) is 83.1 Å². The second kappa shape index (κ2) is 7.62. The molecule has 2 aromatic carbocycles. The van der Waals surface area contributed by atoms with Crippen LogP contribution in [0.3, 0.4) is 0 Å². The zero-order valence-corrected chi connectivity index (χ0v) is 16.5. The first-order valence-corrected chi connectivity index (χ1v) is 9.56. The number of aromatic nitrogens is 1. The quantitative estimate of drug-likeness (QED) is 0.633. The van der Waals surface area contributed by atoms with Gasteiger partial charge < -0.3 is 19.5 Å². The molecular formula is C21H20ClN3OS. The molecule has 0 bridgehead atoms. The molecule has 1 aliphatic heterocycles. The monoisotopic (exact) mass is 397 g/mol. The van der Waals surface area contributed by atoms with Crippen molar-refractivity contribution < 1.29 is 4.74 Å². The minimum absolute atomic E-state index is 0.0385. The van der Waals surface area contributed by atoms with Crippen LogP contribution in [0.15, 0.2) is 66.9 Å². The number of thiocarbonyl (C=S) groups is 1. The van der Waals surface area contributed by atoms with E-state index in [1.807, 2.05) is 36.4 Å². The van der Waals surface area contributed by atoms with Crippen molar-refractivity contribution in [3.63, 3.8) is 0 Å². The summed E-state index contributed by atoms with van der Waals surface area (Å²) in [6, 6.07) is 20.0. The number of nitrogens with zero attached hydrogens (tertiary/aromatic N) is 2. The maximum Gasteiger partial charge on any atom is 0.174 e. The van der Waals surface area contributed by atoms with Crippen molar-refractivity contribution in [2.75, 3.05) is 19.0 Å². The van der Waals surface area contributed by atoms with Gasteiger partial charge in [-0.2, -0.15) is 0 Å². The minimum Gasteiger partial charge on any atom is -0.497 e. The molecule has 0 amide bonds. The summed E-state index contributed by atoms with van der Waals surface area (Å²) in [5, 5.41) is 4.78. The van der Waals surface area contributed by atoms with Crippen LogP contribution in [0.2, 0.25) is 5.02 Å². The third kappa shape index (κ3) is 3.66. The lowest BCUT2D eigenvalue weighted by molar-refractivity contribution is 0.293. The average Bonchev–Trinajstić information content (AvgIpc) is 3.17. The summed E-state index contributed by atoms with van der Waals surface area (Å²) >= 11 is 11.9. The number of halogens is 1. The molecule has 0 saturated heterocycles. The Balaban J connectivity index is 1.65. The maximum atomic E-state index is 6.10. The first kappa shape index (κ1) is 17.9. The van der Waals surface area contributed by atoms with E-state index < -0.39 is 0 Å². The van der Waals surface area contributed by atoms with Crippen LogP contribution in [0, 0.1) is 0 Å². The molecule has 2 heterocycles. The number of hydrogen-bond acceptors (Lipinski definition) is 2. The summed E-state index contributed by atoms with van der Waals surface area (Å²) in [5.41, 5.74) is 3.29. The lowest BCUT2D eigenvalue weighted by Crippen LogP contribution is -2.44. The normalized spacial score (nSPS) is 15.9. The molecule has 1 aromatic heterocycles. The zero-order valence-electron chi connectivity index (χ0n) is 14.9. The van der Waals surface area contributed by atoms with Crippen LogP contribution in [0.1, 0.15) is 17.3 Å². The molecule has 0 fully saturated rings. The molecule has 0 aliphatic carbocycles. The van der Waals surface area contributed by atoms with Gasteiger partial charge in [-0.1, -0.05) is 29.8 Å². The lowest BCUT2D eigenvalue weighted by atomic mass is 10.0. The van der Waals surface area contributed by atoms with Gasteiger partial charge in [0.2, 0.25) is 0 Å². The Hall–Kier alpha value is -2.50. The highest BCUT2D eigenvalue weighted by molar-refractivity contribution is 7.80. The standard InChI is InChI=1S/C21H20ClN3OS/c1-26-18-5-2-4-17(14-18)23-21(27)25-13-12-24-11-3-6-19(24)20(25)15-7-9-16(22)10-8-15/h2-11,14,20H,12-13H2,1H3,(H,23,27)/t20-/m1/s1. The Morgan fingerprint density at radius 1 is 1.11 bits per heavy atom. The van der Waals surface area contributed by atoms with Crippen molar-refractivity contribution in [1.82, 2.24) is 9.47 Å². The number of benzene rings is 2. The van der Waals surface area contributed by atoms with E-state index in [0.717, 1.165) is 35.1 Å². The Morgan fingerprint density at radius 3 is 2.70 bits per heavy atom. The van der Waals surface area contributed by atoms with Gasteiger partial charge >= 0.3 is 0 Å². The minimum atomic E-state index is 0.0385. The van der Waals surface area contributed by atoms with Crippen LogP contribution in [0.4, 0.5) is 5.69 Å². The van der Waals surface area contributed by atoms with Gasteiger partial charge in [0.1, 0.15) is 5.75 Å². The fourth-order valence-electron chi connectivity index (χ4n) is 3.49. The summed E-state index contributed by atoms with van der Waals surface area (Å²) in [5.74, 6) is 0.796. The predicted molar refractivity (Wildman–Crippen MR) is 114 cm³/mol. The number of rotatable bonds is 3. The lowest BCUT2D eigenvalue weighted by Gasteiger charge is -2.39. The van der Waals surface area contributed by atoms with E-state index in [-0.39, 0.29) is 6.04 Å². The molecule has 0 spiro atoms. The second-order valence-corrected chi connectivity index (χ2v) is 7.26. The highest BCUT2D eigenvalue weighted by atomic mass is 35.5. The van der Waals surface area contributed by atoms with Gasteiger partial charge in [-0.3, -0.25) is 0 Å². The molecule has 3 aromatic rings. The van der Waals surface area contributed by atoms with E-state index in [1.54, 1.807) is 7.11 Å². The van der Waals surface area contributed by atoms with Crippen LogP contribution in [-0.4, -0.2) is 28.2 Å². The van der Waals surface area contributed by atoms with Gasteiger partial charge in [0, 0.05) is 41.8 Å². The van der Waals surface area contributed by atoms with Gasteiger partial charge in [0.05, 0.1) is 13.2 Å². The highest BCUT2D eigenvalue weighted by Crippen LogP contribution is 2.33. The Bertz CT molecular complexity index is 954. The van der Waals surface area contributed by atoms with Gasteiger partial charge in [-0.05, 0) is 54.2 Å². The van der Waals surface area contributed by atoms with Crippen molar-refractivity contribution in [3.8, 4) is 5.75 Å². The van der Waals surface area contributed by atoms with Gasteiger partial charge in [0.25, 0.3) is 0 Å². The van der Waals surface area contributed by atoms with Crippen LogP contribution in [-0.2, 0) is 6.54 Å². The van der Waals surface area contributed by atoms with Crippen LogP contribution in [0.5, 0.6) is 5.75 Å². The van der Waals surface area contributed by atoms with E-state index in [0.29, 0.717) is 5.11 Å². The zero-order chi connectivity index (χ0) is 18.8. The van der Waals surface area contributed by atoms with Crippen LogP contribution < -0.4 is 10.1 Å². The number of hydrogen-bond donors (Lipinski definition) is 1. The Morgan fingerprint density at radius 2 is 1.93 bits per heavy atom. The number of fused-ring (bicyclic) bond motifs is 1. The van der Waals surface area contributed by atoms with Crippen LogP contribution in [0.25, 0.3) is 0 Å². The van der Waals surface area contributed by atoms with E-state index in [4.69, 9.17) is 28.6 Å². The summed E-state index contributed by atoms with van der Waals surface area (Å²) in [6.07, 6.45) is 2.12. The molecular weight excluding hydrogens is 378 g/mol. The van der Waals surface area contributed by atoms with Crippen molar-refractivity contribution in [2.45, 2.75) is 12.6 Å². The first-order valence-electron chi connectivity index (χ1n) is 8.78. The molecule has 1 N–H and O–H groups in total. The van der Waals surface area contributed by atoms with Gasteiger partial charge in [-0.25, -0.2) is 0 Å². The van der Waals surface area contributed by atoms with Gasteiger partial charge in [-0.15, -0.1) is 0 Å². The third-order valence-electron chi connectivity index (χ3n) is 4.81. The fraction of sp³-hybridized carbons (Fsp3) is 0.190. The molecule has 0 unspecified atom stereocenters. The summed E-state index contributed by atoms with van der Waals surface area (Å²) in [7, 11) is 1.66. The second-order valence-electron chi connectivity index (χ2n) is 6.44. The molecule has 1 atom stereocenters. The van der Waals surface area contributed by atoms with Crippen LogP contribution >= 0.6 is 23.8 Å². The maximum absolute atomic E-state index is 6.10. The molecule has 6 heteroatoms. The number of methoxy groups -OCH3 is 1. The van der Waals surface area contributed by atoms with E-state index in [2.05, 4.69) is 45.2 Å². The number of anilines is 1. The molecule has 1 aliphatic rings. The summed E-state index contributed by atoms with van der Waals surface area (Å²) < 4.78 is 7.59. The van der Waals surface area contributed by atoms with Crippen molar-refractivity contribution in [1.29, 1.82) is 0 Å². The van der Waals surface area contributed by atoms with E-state index in [1.165, 1.54) is 5.69 Å². The molecule has 0 saturated carbocycles. The SMILES string of the molecule is COc1cccc(NC(=S)N2CCn3cccc3[C@H]2c2ccc(Cl)cc2)c1. The third-order valence-corrected chi connectivity index (χ3v) is 5.39. The molecule has 27 heavy (non-hydrogen) atoms. The first-order chi connectivity index (χ1) is 13.2. The van der Waals surface area contributed by atoms with Crippen molar-refractivity contribution in [2.24, 2.45) is 0 Å². The highest BCUT2D eigenvalue weighted by Gasteiger charge is 2.30. The summed E-state index contributed by atoms with van der Waals surface area (Å²) in [6.45, 7) is 1.72. The largest absolute Gasteiger partial charge is 0.497 e. The topological polar surface area (TPSA) is 29.4 Å². The molecule has 138 valence electrons. The molecule has 4 rings (SSSR count). The fourth-order valence-corrected chi connectivity index (χ4v) is 3.93. The van der Waals surface area contributed by atoms with Crippen molar-refractivity contribution >= 4 is 34.6 Å². The average molecular weight is 398 g/mol. The molecule has 0 radical (unpaired) electrons. The number of nitrogens with one attached hydrogen (secondary N) is 1. The predicted octanol–water partition coefficient (Wildman–Crippen LogP) is 4.95. The number of ether oxygens (including phenoxy) is 1. The van der Waals surface area contributed by atoms with E-state index in [9.17, 15) is 0 Å².